The summed E-state index contributed by atoms with van der Waals surface area (Å²) >= 11 is 0. The molecule has 0 aliphatic rings. The molecule has 1 aromatic rings. The van der Waals surface area contributed by atoms with Gasteiger partial charge in [0.05, 0.1) is 13.7 Å². The van der Waals surface area contributed by atoms with Crippen LogP contribution in [0.2, 0.25) is 0 Å². The summed E-state index contributed by atoms with van der Waals surface area (Å²) in [4.78, 5) is 0. The molecular formula is C8H11N3O. The lowest BCUT2D eigenvalue weighted by molar-refractivity contribution is 0.373. The van der Waals surface area contributed by atoms with Gasteiger partial charge in [-0.25, -0.2) is 4.68 Å². The molecule has 1 heterocycles. The third-order valence-corrected chi connectivity index (χ3v) is 1.42. The maximum atomic E-state index is 5.08. The number of aromatic nitrogens is 2. The Hall–Kier alpha value is -1.63. The van der Waals surface area contributed by atoms with Gasteiger partial charge in [-0.3, -0.25) is 0 Å². The molecule has 4 heteroatoms. The minimum atomic E-state index is 0.472. The van der Waals surface area contributed by atoms with Gasteiger partial charge in [-0.05, 0) is 0 Å². The predicted octanol–water partition coefficient (Wildman–Crippen LogP) is 0.474. The summed E-state index contributed by atoms with van der Waals surface area (Å²) in [6, 6.07) is 1.79. The maximum Gasteiger partial charge on any atom is 0.213 e. The van der Waals surface area contributed by atoms with Crippen molar-refractivity contribution in [1.29, 1.82) is 0 Å². The first kappa shape index (κ1) is 8.47. The number of nitrogens with one attached hydrogen (secondary N) is 1. The molecule has 1 N–H and O–H groups in total. The van der Waals surface area contributed by atoms with E-state index >= 15 is 0 Å². The van der Waals surface area contributed by atoms with E-state index in [0.29, 0.717) is 12.4 Å². The van der Waals surface area contributed by atoms with Crippen LogP contribution in [0.25, 0.3) is 0 Å². The first-order chi connectivity index (χ1) is 5.77. The van der Waals surface area contributed by atoms with Gasteiger partial charge in [-0.15, -0.1) is 6.42 Å². The summed E-state index contributed by atoms with van der Waals surface area (Å²) in [7, 11) is 3.40. The van der Waals surface area contributed by atoms with Gasteiger partial charge in [0.1, 0.15) is 0 Å². The number of anilines is 1. The van der Waals surface area contributed by atoms with Crippen molar-refractivity contribution in [1.82, 2.24) is 9.78 Å². The van der Waals surface area contributed by atoms with Gasteiger partial charge in [0.15, 0.2) is 5.82 Å². The number of methoxy groups -OCH3 is 1. The molecule has 4 nitrogen and oxygen atoms in total. The second-order valence-electron chi connectivity index (χ2n) is 2.25. The Labute approximate surface area is 71.5 Å². The van der Waals surface area contributed by atoms with E-state index in [1.807, 2.05) is 0 Å². The van der Waals surface area contributed by atoms with E-state index in [2.05, 4.69) is 16.3 Å². The average Bonchev–Trinajstić information content (AvgIpc) is 2.43. The minimum absolute atomic E-state index is 0.472. The third kappa shape index (κ3) is 1.70. The van der Waals surface area contributed by atoms with Gasteiger partial charge in [0.2, 0.25) is 5.88 Å². The van der Waals surface area contributed by atoms with Crippen LogP contribution in [-0.4, -0.2) is 23.4 Å². The van der Waals surface area contributed by atoms with Crippen molar-refractivity contribution in [3.8, 4) is 18.2 Å². The minimum Gasteiger partial charge on any atom is -0.481 e. The monoisotopic (exact) mass is 165 g/mol. The fourth-order valence-corrected chi connectivity index (χ4v) is 0.869. The molecule has 0 fully saturated rings. The first-order valence-corrected chi connectivity index (χ1v) is 3.53. The third-order valence-electron chi connectivity index (χ3n) is 1.42. The molecule has 0 aliphatic heterocycles. The number of hydrogen-bond donors (Lipinski definition) is 1. The molecule has 0 amide bonds. The van der Waals surface area contributed by atoms with Gasteiger partial charge in [0.25, 0.3) is 0 Å². The lowest BCUT2D eigenvalue weighted by atomic mass is 10.5. The molecule has 1 aromatic heterocycles. The molecule has 0 radical (unpaired) electrons. The molecule has 0 unspecified atom stereocenters. The molecule has 0 saturated heterocycles. The number of nitrogens with zero attached hydrogens (tertiary/aromatic N) is 2. The van der Waals surface area contributed by atoms with Crippen LogP contribution in [-0.2, 0) is 7.05 Å². The van der Waals surface area contributed by atoms with Crippen molar-refractivity contribution in [2.75, 3.05) is 19.0 Å². The average molecular weight is 165 g/mol. The number of aryl methyl sites for hydroxylation is 1. The first-order valence-electron chi connectivity index (χ1n) is 3.53. The van der Waals surface area contributed by atoms with E-state index < -0.39 is 0 Å². The summed E-state index contributed by atoms with van der Waals surface area (Å²) in [5, 5.41) is 7.05. The van der Waals surface area contributed by atoms with E-state index in [1.54, 1.807) is 24.9 Å². The number of rotatable bonds is 3. The smallest absolute Gasteiger partial charge is 0.213 e. The van der Waals surface area contributed by atoms with E-state index in [9.17, 15) is 0 Å². The summed E-state index contributed by atoms with van der Waals surface area (Å²) in [6.07, 6.45) is 5.08. The number of terminal acetylenes is 1. The van der Waals surface area contributed by atoms with Gasteiger partial charge >= 0.3 is 0 Å². The van der Waals surface area contributed by atoms with Crippen LogP contribution in [0.15, 0.2) is 6.07 Å². The Morgan fingerprint density at radius 3 is 3.08 bits per heavy atom. The van der Waals surface area contributed by atoms with Crippen LogP contribution in [0.3, 0.4) is 0 Å². The summed E-state index contributed by atoms with van der Waals surface area (Å²) in [5.41, 5.74) is 0. The molecule has 0 saturated carbocycles. The van der Waals surface area contributed by atoms with Gasteiger partial charge in [0, 0.05) is 13.1 Å². The van der Waals surface area contributed by atoms with E-state index in [1.165, 1.54) is 0 Å². The van der Waals surface area contributed by atoms with Crippen LogP contribution in [0.4, 0.5) is 5.82 Å². The zero-order chi connectivity index (χ0) is 8.97. The van der Waals surface area contributed by atoms with Gasteiger partial charge < -0.3 is 10.1 Å². The second-order valence-corrected chi connectivity index (χ2v) is 2.25. The molecule has 1 rings (SSSR count). The molecule has 0 aliphatic carbocycles. The highest BCUT2D eigenvalue weighted by atomic mass is 16.5. The van der Waals surface area contributed by atoms with Gasteiger partial charge in [-0.1, -0.05) is 5.92 Å². The van der Waals surface area contributed by atoms with Crippen molar-refractivity contribution in [3.05, 3.63) is 6.07 Å². The molecular weight excluding hydrogens is 154 g/mol. The molecule has 0 atom stereocenters. The zero-order valence-corrected chi connectivity index (χ0v) is 7.16. The standard InChI is InChI=1S/C8H11N3O/c1-4-5-9-7-6-8(12-3)11(2)10-7/h1,6H,5H2,2-3H3,(H,9,10). The normalized spacial score (nSPS) is 9.08. The van der Waals surface area contributed by atoms with Crippen molar-refractivity contribution in [2.45, 2.75) is 0 Å². The molecule has 0 bridgehead atoms. The van der Waals surface area contributed by atoms with Crippen LogP contribution in [0, 0.1) is 12.3 Å². The lowest BCUT2D eigenvalue weighted by Gasteiger charge is -1.95. The highest BCUT2D eigenvalue weighted by Crippen LogP contribution is 2.14. The van der Waals surface area contributed by atoms with Crippen LogP contribution in [0.1, 0.15) is 0 Å². The molecule has 12 heavy (non-hydrogen) atoms. The summed E-state index contributed by atoms with van der Waals surface area (Å²) in [5.74, 6) is 3.89. The molecule has 64 valence electrons. The maximum absolute atomic E-state index is 5.08. The van der Waals surface area contributed by atoms with Gasteiger partial charge in [-0.2, -0.15) is 5.10 Å². The number of hydrogen-bond acceptors (Lipinski definition) is 3. The fraction of sp³-hybridized carbons (Fsp3) is 0.375. The van der Waals surface area contributed by atoms with E-state index in [-0.39, 0.29) is 0 Å². The van der Waals surface area contributed by atoms with Crippen LogP contribution in [0.5, 0.6) is 5.88 Å². The largest absolute Gasteiger partial charge is 0.481 e. The Bertz CT molecular complexity index is 298. The highest BCUT2D eigenvalue weighted by Gasteiger charge is 2.02. The summed E-state index contributed by atoms with van der Waals surface area (Å²) < 4.78 is 6.65. The SMILES string of the molecule is C#CCNc1cc(OC)n(C)n1. The second kappa shape index (κ2) is 3.67. The molecule has 0 spiro atoms. The zero-order valence-electron chi connectivity index (χ0n) is 7.16. The lowest BCUT2D eigenvalue weighted by Crippen LogP contribution is -2.00. The quantitative estimate of drug-likeness (QED) is 0.662. The van der Waals surface area contributed by atoms with Crippen LogP contribution >= 0.6 is 0 Å². The Morgan fingerprint density at radius 2 is 2.58 bits per heavy atom. The van der Waals surface area contributed by atoms with Crippen molar-refractivity contribution >= 4 is 5.82 Å². The molecule has 0 aromatic carbocycles. The summed E-state index contributed by atoms with van der Waals surface area (Å²) in [6.45, 7) is 0.472. The van der Waals surface area contributed by atoms with E-state index in [0.717, 1.165) is 5.82 Å². The number of ether oxygens (including phenoxy) is 1. The Morgan fingerprint density at radius 1 is 1.83 bits per heavy atom. The Balaban J connectivity index is 2.70. The van der Waals surface area contributed by atoms with Crippen molar-refractivity contribution in [2.24, 2.45) is 7.05 Å². The topological polar surface area (TPSA) is 39.1 Å². The van der Waals surface area contributed by atoms with Crippen LogP contribution < -0.4 is 10.1 Å². The van der Waals surface area contributed by atoms with E-state index in [4.69, 9.17) is 11.2 Å². The van der Waals surface area contributed by atoms with Crippen molar-refractivity contribution in [3.63, 3.8) is 0 Å². The fourth-order valence-electron chi connectivity index (χ4n) is 0.869. The Kier molecular flexibility index (Phi) is 2.59. The predicted molar refractivity (Wildman–Crippen MR) is 47.1 cm³/mol. The highest BCUT2D eigenvalue weighted by molar-refractivity contribution is 5.39. The van der Waals surface area contributed by atoms with Crippen molar-refractivity contribution < 1.29 is 4.74 Å².